The highest BCUT2D eigenvalue weighted by Crippen LogP contribution is 2.44. The largest absolute Gasteiger partial charge is 0.446 e. The molecule has 3 atom stereocenters. The van der Waals surface area contributed by atoms with Gasteiger partial charge in [0.1, 0.15) is 11.9 Å². The molecule has 2 unspecified atom stereocenters. The molecule has 3 fully saturated rings. The summed E-state index contributed by atoms with van der Waals surface area (Å²) in [6, 6.07) is 2.30. The maximum Gasteiger partial charge on any atom is 0.417 e. The Bertz CT molecular complexity index is 711. The molecule has 5 nitrogen and oxygen atoms in total. The molecule has 2 heterocycles. The molecule has 3 aliphatic rings. The number of fused-ring (bicyclic) bond motifs is 2. The fourth-order valence-corrected chi connectivity index (χ4v) is 5.27. The highest BCUT2D eigenvalue weighted by Gasteiger charge is 2.42. The summed E-state index contributed by atoms with van der Waals surface area (Å²) in [5, 5.41) is 3.13. The van der Waals surface area contributed by atoms with E-state index in [1.807, 2.05) is 0 Å². The lowest BCUT2D eigenvalue weighted by Gasteiger charge is -2.44. The van der Waals surface area contributed by atoms with Crippen LogP contribution >= 0.6 is 0 Å². The van der Waals surface area contributed by atoms with Gasteiger partial charge in [-0.15, -0.1) is 0 Å². The Morgan fingerprint density at radius 2 is 1.93 bits per heavy atom. The second-order valence-electron chi connectivity index (χ2n) is 8.88. The van der Waals surface area contributed by atoms with E-state index in [9.17, 15) is 18.0 Å². The molecule has 8 heteroatoms. The molecule has 2 saturated carbocycles. The molecule has 0 aromatic carbocycles. The zero-order valence-electron chi connectivity index (χ0n) is 16.6. The normalized spacial score (nSPS) is 32.1. The zero-order valence-corrected chi connectivity index (χ0v) is 16.6. The van der Waals surface area contributed by atoms with E-state index < -0.39 is 11.7 Å². The molecule has 0 spiro atoms. The van der Waals surface area contributed by atoms with E-state index in [4.69, 9.17) is 4.74 Å². The van der Waals surface area contributed by atoms with Crippen molar-refractivity contribution in [3.05, 3.63) is 23.9 Å². The minimum absolute atomic E-state index is 0.0380. The van der Waals surface area contributed by atoms with Gasteiger partial charge in [0.25, 0.3) is 0 Å². The predicted molar refractivity (Wildman–Crippen MR) is 102 cm³/mol. The van der Waals surface area contributed by atoms with Crippen LogP contribution < -0.4 is 5.32 Å². The first-order valence-electron chi connectivity index (χ1n) is 10.5. The fourth-order valence-electron chi connectivity index (χ4n) is 5.27. The number of likely N-dealkylation sites (tertiary alicyclic amines) is 1. The van der Waals surface area contributed by atoms with Crippen LogP contribution in [-0.4, -0.2) is 41.2 Å². The van der Waals surface area contributed by atoms with Crippen molar-refractivity contribution in [3.8, 4) is 0 Å². The molecular weight excluding hydrogens is 383 g/mol. The van der Waals surface area contributed by atoms with Crippen molar-refractivity contribution in [2.75, 3.05) is 18.4 Å². The Morgan fingerprint density at radius 1 is 1.21 bits per heavy atom. The molecule has 1 N–H and O–H groups in total. The number of carbonyl (C=O) groups is 1. The molecule has 160 valence electrons. The second kappa shape index (κ2) is 8.03. The average Bonchev–Trinajstić information content (AvgIpc) is 3.11. The highest BCUT2D eigenvalue weighted by atomic mass is 19.4. The van der Waals surface area contributed by atoms with Gasteiger partial charge < -0.3 is 15.0 Å². The number of aromatic nitrogens is 1. The molecule has 1 aromatic heterocycles. The van der Waals surface area contributed by atoms with E-state index in [1.165, 1.54) is 12.5 Å². The number of carbonyl (C=O) groups excluding carboxylic acids is 1. The number of halogens is 3. The highest BCUT2D eigenvalue weighted by molar-refractivity contribution is 5.68. The van der Waals surface area contributed by atoms with E-state index in [0.29, 0.717) is 43.1 Å². The second-order valence-corrected chi connectivity index (χ2v) is 8.88. The summed E-state index contributed by atoms with van der Waals surface area (Å²) < 4.78 is 43.9. The molecular formula is C21H28F3N3O2. The Labute approximate surface area is 169 Å². The number of amides is 1. The van der Waals surface area contributed by atoms with E-state index in [1.54, 1.807) is 4.90 Å². The van der Waals surface area contributed by atoms with E-state index in [-0.39, 0.29) is 18.2 Å². The van der Waals surface area contributed by atoms with E-state index in [2.05, 4.69) is 17.2 Å². The van der Waals surface area contributed by atoms with Gasteiger partial charge >= 0.3 is 12.3 Å². The number of nitrogens with one attached hydrogen (secondary N) is 1. The van der Waals surface area contributed by atoms with Gasteiger partial charge in [0.05, 0.1) is 5.56 Å². The third kappa shape index (κ3) is 4.61. The SMILES string of the molecule is CC1CC2CCCC(C1)C2OC(=O)N1CC[C@@H](Nc2ccc(C(F)(F)F)cn2)C1. The monoisotopic (exact) mass is 411 g/mol. The van der Waals surface area contributed by atoms with Gasteiger partial charge in [0, 0.05) is 25.3 Å². The summed E-state index contributed by atoms with van der Waals surface area (Å²) in [4.78, 5) is 18.3. The molecule has 1 saturated heterocycles. The molecule has 4 rings (SSSR count). The first-order chi connectivity index (χ1) is 13.8. The predicted octanol–water partition coefficient (Wildman–Crippen LogP) is 4.94. The summed E-state index contributed by atoms with van der Waals surface area (Å²) in [7, 11) is 0. The third-order valence-electron chi connectivity index (χ3n) is 6.62. The van der Waals surface area contributed by atoms with Gasteiger partial charge in [0.2, 0.25) is 0 Å². The van der Waals surface area contributed by atoms with Crippen LogP contribution in [0.1, 0.15) is 51.0 Å². The zero-order chi connectivity index (χ0) is 20.6. The third-order valence-corrected chi connectivity index (χ3v) is 6.62. The molecule has 2 bridgehead atoms. The number of pyridine rings is 1. The van der Waals surface area contributed by atoms with Crippen molar-refractivity contribution >= 4 is 11.9 Å². The number of alkyl halides is 3. The number of rotatable bonds is 3. The number of hydrogen-bond donors (Lipinski definition) is 1. The number of hydrogen-bond acceptors (Lipinski definition) is 4. The van der Waals surface area contributed by atoms with Crippen LogP contribution in [0.3, 0.4) is 0 Å². The Kier molecular flexibility index (Phi) is 5.62. The first-order valence-corrected chi connectivity index (χ1v) is 10.5. The van der Waals surface area contributed by atoms with Gasteiger partial charge in [0.15, 0.2) is 0 Å². The van der Waals surface area contributed by atoms with Crippen LogP contribution in [-0.2, 0) is 10.9 Å². The summed E-state index contributed by atoms with van der Waals surface area (Å²) in [6.45, 7) is 3.34. The van der Waals surface area contributed by atoms with Crippen LogP contribution in [0.5, 0.6) is 0 Å². The van der Waals surface area contributed by atoms with Crippen molar-refractivity contribution in [2.45, 2.75) is 63.8 Å². The smallest absolute Gasteiger partial charge is 0.417 e. The standard InChI is InChI=1S/C21H28F3N3O2/c1-13-9-14-3-2-4-15(10-13)19(14)29-20(28)27-8-7-17(12-27)26-18-6-5-16(11-25-18)21(22,23)24/h5-6,11,13-15,17,19H,2-4,7-10,12H2,1H3,(H,25,26)/t13?,14?,15?,17-,19?/m1/s1. The van der Waals surface area contributed by atoms with Crippen LogP contribution in [0, 0.1) is 17.8 Å². The molecule has 29 heavy (non-hydrogen) atoms. The fraction of sp³-hybridized carbons (Fsp3) is 0.714. The van der Waals surface area contributed by atoms with Crippen molar-refractivity contribution in [1.29, 1.82) is 0 Å². The minimum Gasteiger partial charge on any atom is -0.446 e. The maximum absolute atomic E-state index is 12.7. The Hall–Kier alpha value is -1.99. The lowest BCUT2D eigenvalue weighted by atomic mass is 9.66. The van der Waals surface area contributed by atoms with Crippen LogP contribution in [0.2, 0.25) is 0 Å². The number of ether oxygens (including phenoxy) is 1. The number of anilines is 1. The van der Waals surface area contributed by atoms with Crippen molar-refractivity contribution < 1.29 is 22.7 Å². The minimum atomic E-state index is -4.39. The molecule has 0 radical (unpaired) electrons. The molecule has 1 aliphatic heterocycles. The molecule has 1 amide bonds. The lowest BCUT2D eigenvalue weighted by Crippen LogP contribution is -2.45. The van der Waals surface area contributed by atoms with E-state index in [0.717, 1.165) is 37.9 Å². The van der Waals surface area contributed by atoms with Crippen LogP contribution in [0.25, 0.3) is 0 Å². The Morgan fingerprint density at radius 3 is 2.55 bits per heavy atom. The lowest BCUT2D eigenvalue weighted by molar-refractivity contribution is -0.137. The molecule has 1 aromatic rings. The number of nitrogens with zero attached hydrogens (tertiary/aromatic N) is 2. The van der Waals surface area contributed by atoms with Crippen molar-refractivity contribution in [2.24, 2.45) is 17.8 Å². The van der Waals surface area contributed by atoms with Crippen molar-refractivity contribution in [3.63, 3.8) is 0 Å². The van der Waals surface area contributed by atoms with Gasteiger partial charge in [-0.25, -0.2) is 9.78 Å². The summed E-state index contributed by atoms with van der Waals surface area (Å²) in [5.41, 5.74) is -0.771. The Balaban J connectivity index is 1.30. The van der Waals surface area contributed by atoms with Crippen molar-refractivity contribution in [1.82, 2.24) is 9.88 Å². The van der Waals surface area contributed by atoms with Gasteiger partial charge in [-0.05, 0) is 62.0 Å². The quantitative estimate of drug-likeness (QED) is 0.766. The van der Waals surface area contributed by atoms with Crippen LogP contribution in [0.15, 0.2) is 18.3 Å². The topological polar surface area (TPSA) is 54.5 Å². The van der Waals surface area contributed by atoms with Gasteiger partial charge in [-0.1, -0.05) is 13.3 Å². The van der Waals surface area contributed by atoms with E-state index >= 15 is 0 Å². The maximum atomic E-state index is 12.7. The van der Waals surface area contributed by atoms with Crippen LogP contribution in [0.4, 0.5) is 23.8 Å². The van der Waals surface area contributed by atoms with Gasteiger partial charge in [-0.3, -0.25) is 0 Å². The molecule has 2 aliphatic carbocycles. The average molecular weight is 411 g/mol. The first kappa shape index (κ1) is 20.3. The summed E-state index contributed by atoms with van der Waals surface area (Å²) in [6.07, 6.45) is 2.71. The van der Waals surface area contributed by atoms with Gasteiger partial charge in [-0.2, -0.15) is 13.2 Å². The summed E-state index contributed by atoms with van der Waals surface area (Å²) >= 11 is 0. The summed E-state index contributed by atoms with van der Waals surface area (Å²) in [5.74, 6) is 2.05.